The van der Waals surface area contributed by atoms with Crippen molar-refractivity contribution in [3.63, 3.8) is 0 Å². The van der Waals surface area contributed by atoms with E-state index in [0.29, 0.717) is 5.76 Å². The molecule has 1 aliphatic rings. The number of carbonyl (C=O) groups excluding carboxylic acids is 1. The lowest BCUT2D eigenvalue weighted by Crippen LogP contribution is -2.17. The summed E-state index contributed by atoms with van der Waals surface area (Å²) < 4.78 is 10.6. The molecule has 0 saturated carbocycles. The molecule has 1 aromatic carbocycles. The number of hydrogen-bond donors (Lipinski definition) is 1. The van der Waals surface area contributed by atoms with Gasteiger partial charge in [-0.05, 0) is 30.0 Å². The molecular formula is C14H14N2O3. The molecule has 0 radical (unpaired) electrons. The number of methoxy groups -OCH3 is 1. The smallest absolute Gasteiger partial charge is 0.271 e. The van der Waals surface area contributed by atoms with Gasteiger partial charge in [-0.1, -0.05) is 18.1 Å². The van der Waals surface area contributed by atoms with Crippen LogP contribution in [0.3, 0.4) is 0 Å². The summed E-state index contributed by atoms with van der Waals surface area (Å²) in [6.45, 7) is 2.04. The van der Waals surface area contributed by atoms with Gasteiger partial charge in [0.25, 0.3) is 5.91 Å². The third-order valence-corrected chi connectivity index (χ3v) is 3.54. The summed E-state index contributed by atoms with van der Waals surface area (Å²) in [6, 6.07) is 5.83. The summed E-state index contributed by atoms with van der Waals surface area (Å²) in [4.78, 5) is 11.4. The number of fused-ring (bicyclic) bond motifs is 3. The van der Waals surface area contributed by atoms with Crippen LogP contribution in [0.5, 0.6) is 5.75 Å². The number of primary amides is 1. The molecule has 5 nitrogen and oxygen atoms in total. The predicted molar refractivity (Wildman–Crippen MR) is 69.1 cm³/mol. The van der Waals surface area contributed by atoms with E-state index in [0.717, 1.165) is 28.9 Å². The maximum atomic E-state index is 11.4. The SMILES string of the molecule is COc1ccc2c(c1)-c1onc(C(N)=O)c1C(C)C2. The number of nitrogens with two attached hydrogens (primary N) is 1. The second-order valence-electron chi connectivity index (χ2n) is 4.77. The largest absolute Gasteiger partial charge is 0.497 e. The quantitative estimate of drug-likeness (QED) is 0.894. The van der Waals surface area contributed by atoms with Crippen LogP contribution in [0.1, 0.15) is 34.5 Å². The summed E-state index contributed by atoms with van der Waals surface area (Å²) in [5.74, 6) is 0.977. The monoisotopic (exact) mass is 258 g/mol. The summed E-state index contributed by atoms with van der Waals surface area (Å²) in [7, 11) is 1.61. The minimum absolute atomic E-state index is 0.157. The normalized spacial score (nSPS) is 16.6. The maximum absolute atomic E-state index is 11.4. The number of nitrogens with zero attached hydrogens (tertiary/aromatic N) is 1. The highest BCUT2D eigenvalue weighted by molar-refractivity contribution is 5.94. The van der Waals surface area contributed by atoms with Crippen molar-refractivity contribution in [3.8, 4) is 17.1 Å². The Bertz CT molecular complexity index is 661. The number of benzene rings is 1. The van der Waals surface area contributed by atoms with Crippen LogP contribution in [0.15, 0.2) is 22.7 Å². The first-order chi connectivity index (χ1) is 9.11. The van der Waals surface area contributed by atoms with Crippen LogP contribution < -0.4 is 10.5 Å². The molecule has 0 aliphatic heterocycles. The van der Waals surface area contributed by atoms with E-state index in [1.165, 1.54) is 0 Å². The Morgan fingerprint density at radius 2 is 2.32 bits per heavy atom. The number of amides is 1. The molecule has 5 heteroatoms. The van der Waals surface area contributed by atoms with E-state index in [-0.39, 0.29) is 11.6 Å². The van der Waals surface area contributed by atoms with Crippen LogP contribution in [0, 0.1) is 0 Å². The van der Waals surface area contributed by atoms with E-state index in [1.54, 1.807) is 7.11 Å². The van der Waals surface area contributed by atoms with Crippen LogP contribution in [0.4, 0.5) is 0 Å². The molecule has 0 fully saturated rings. The van der Waals surface area contributed by atoms with Crippen molar-refractivity contribution in [3.05, 3.63) is 35.0 Å². The van der Waals surface area contributed by atoms with Gasteiger partial charge in [0.15, 0.2) is 11.5 Å². The molecule has 98 valence electrons. The highest BCUT2D eigenvalue weighted by atomic mass is 16.5. The zero-order valence-corrected chi connectivity index (χ0v) is 10.8. The molecule has 1 unspecified atom stereocenters. The molecule has 0 saturated heterocycles. The Balaban J connectivity index is 2.23. The first kappa shape index (κ1) is 11.8. The van der Waals surface area contributed by atoms with Gasteiger partial charge in [0, 0.05) is 11.1 Å². The molecule has 1 amide bonds. The number of hydrogen-bond acceptors (Lipinski definition) is 4. The second-order valence-corrected chi connectivity index (χ2v) is 4.77. The van der Waals surface area contributed by atoms with Gasteiger partial charge in [-0.25, -0.2) is 0 Å². The fourth-order valence-corrected chi connectivity index (χ4v) is 2.63. The van der Waals surface area contributed by atoms with E-state index >= 15 is 0 Å². The Kier molecular flexibility index (Phi) is 2.55. The number of ether oxygens (including phenoxy) is 1. The topological polar surface area (TPSA) is 78.3 Å². The number of carbonyl (C=O) groups is 1. The molecule has 1 aromatic heterocycles. The summed E-state index contributed by atoms with van der Waals surface area (Å²) >= 11 is 0. The first-order valence-electron chi connectivity index (χ1n) is 6.08. The van der Waals surface area contributed by atoms with Crippen molar-refractivity contribution in [1.29, 1.82) is 0 Å². The predicted octanol–water partition coefficient (Wildman–Crippen LogP) is 2.11. The van der Waals surface area contributed by atoms with E-state index in [1.807, 2.05) is 25.1 Å². The van der Waals surface area contributed by atoms with Gasteiger partial charge in [0.2, 0.25) is 0 Å². The minimum atomic E-state index is -0.553. The Morgan fingerprint density at radius 1 is 1.53 bits per heavy atom. The van der Waals surface area contributed by atoms with Crippen molar-refractivity contribution < 1.29 is 14.1 Å². The van der Waals surface area contributed by atoms with Gasteiger partial charge in [-0.2, -0.15) is 0 Å². The van der Waals surface area contributed by atoms with Gasteiger partial charge in [-0.3, -0.25) is 4.79 Å². The standard InChI is InChI=1S/C14H14N2O3/c1-7-5-8-3-4-9(18-2)6-10(8)13-11(7)12(14(15)17)16-19-13/h3-4,6-7H,5H2,1-2H3,(H2,15,17). The molecule has 3 rings (SSSR count). The lowest BCUT2D eigenvalue weighted by molar-refractivity contribution is 0.0990. The third-order valence-electron chi connectivity index (χ3n) is 3.54. The van der Waals surface area contributed by atoms with Gasteiger partial charge >= 0.3 is 0 Å². The van der Waals surface area contributed by atoms with E-state index in [4.69, 9.17) is 15.0 Å². The molecule has 1 aliphatic carbocycles. The fraction of sp³-hybridized carbons (Fsp3) is 0.286. The van der Waals surface area contributed by atoms with Gasteiger partial charge in [0.05, 0.1) is 7.11 Å². The van der Waals surface area contributed by atoms with Crippen LogP contribution >= 0.6 is 0 Å². The minimum Gasteiger partial charge on any atom is -0.497 e. The summed E-state index contributed by atoms with van der Waals surface area (Å²) in [5, 5.41) is 3.81. The molecule has 2 aromatic rings. The molecule has 2 N–H and O–H groups in total. The van der Waals surface area contributed by atoms with E-state index in [9.17, 15) is 4.79 Å². The van der Waals surface area contributed by atoms with Crippen molar-refractivity contribution >= 4 is 5.91 Å². The molecule has 1 heterocycles. The average molecular weight is 258 g/mol. The van der Waals surface area contributed by atoms with Crippen molar-refractivity contribution in [2.24, 2.45) is 5.73 Å². The van der Waals surface area contributed by atoms with Gasteiger partial charge < -0.3 is 15.0 Å². The Hall–Kier alpha value is -2.30. The molecule has 0 bridgehead atoms. The number of aromatic nitrogens is 1. The van der Waals surface area contributed by atoms with Crippen molar-refractivity contribution in [2.45, 2.75) is 19.3 Å². The van der Waals surface area contributed by atoms with Crippen LogP contribution in [0.25, 0.3) is 11.3 Å². The maximum Gasteiger partial charge on any atom is 0.271 e. The lowest BCUT2D eigenvalue weighted by atomic mass is 9.82. The highest BCUT2D eigenvalue weighted by Gasteiger charge is 2.31. The molecule has 0 spiro atoms. The van der Waals surface area contributed by atoms with Crippen LogP contribution in [0.2, 0.25) is 0 Å². The Labute approximate surface area is 110 Å². The lowest BCUT2D eigenvalue weighted by Gasteiger charge is -2.21. The van der Waals surface area contributed by atoms with Gasteiger partial charge in [-0.15, -0.1) is 0 Å². The zero-order chi connectivity index (χ0) is 13.6. The van der Waals surface area contributed by atoms with Crippen LogP contribution in [-0.4, -0.2) is 18.2 Å². The molecule has 19 heavy (non-hydrogen) atoms. The summed E-state index contributed by atoms with van der Waals surface area (Å²) in [6.07, 6.45) is 0.827. The number of rotatable bonds is 2. The Morgan fingerprint density at radius 3 is 3.00 bits per heavy atom. The van der Waals surface area contributed by atoms with E-state index in [2.05, 4.69) is 5.16 Å². The van der Waals surface area contributed by atoms with Crippen molar-refractivity contribution in [2.75, 3.05) is 7.11 Å². The van der Waals surface area contributed by atoms with E-state index < -0.39 is 5.91 Å². The fourth-order valence-electron chi connectivity index (χ4n) is 2.63. The highest BCUT2D eigenvalue weighted by Crippen LogP contribution is 2.42. The molecular weight excluding hydrogens is 244 g/mol. The first-order valence-corrected chi connectivity index (χ1v) is 6.08. The van der Waals surface area contributed by atoms with Gasteiger partial charge in [0.1, 0.15) is 5.75 Å². The van der Waals surface area contributed by atoms with Crippen LogP contribution in [-0.2, 0) is 6.42 Å². The third kappa shape index (κ3) is 1.69. The second kappa shape index (κ2) is 4.12. The molecule has 1 atom stereocenters. The van der Waals surface area contributed by atoms with Crippen molar-refractivity contribution in [1.82, 2.24) is 5.16 Å². The average Bonchev–Trinajstić information content (AvgIpc) is 2.84. The zero-order valence-electron chi connectivity index (χ0n) is 10.8. The summed E-state index contributed by atoms with van der Waals surface area (Å²) in [5.41, 5.74) is 8.45.